The van der Waals surface area contributed by atoms with Crippen LogP contribution in [-0.4, -0.2) is 22.6 Å². The van der Waals surface area contributed by atoms with Crippen LogP contribution in [0.4, 0.5) is 5.82 Å². The van der Waals surface area contributed by atoms with Gasteiger partial charge in [0.25, 0.3) is 0 Å². The number of ketones is 1. The molecule has 0 aromatic carbocycles. The SMILES string of the molecule is CNc1c(C)cnn1CCCCC(C)=O. The number of hydrogen-bond donors (Lipinski definition) is 1. The highest BCUT2D eigenvalue weighted by Gasteiger charge is 2.04. The molecule has 1 heterocycles. The molecule has 0 amide bonds. The van der Waals surface area contributed by atoms with E-state index in [1.807, 2.05) is 24.9 Å². The predicted octanol–water partition coefficient (Wildman–Crippen LogP) is 1.99. The first kappa shape index (κ1) is 11.8. The Kier molecular flexibility index (Phi) is 4.34. The molecule has 0 saturated heterocycles. The van der Waals surface area contributed by atoms with Gasteiger partial charge in [-0.1, -0.05) is 0 Å². The van der Waals surface area contributed by atoms with Gasteiger partial charge in [0.15, 0.2) is 0 Å². The molecule has 0 atom stereocenters. The fourth-order valence-electron chi connectivity index (χ4n) is 1.61. The summed E-state index contributed by atoms with van der Waals surface area (Å²) in [7, 11) is 1.90. The van der Waals surface area contributed by atoms with Crippen LogP contribution in [0.3, 0.4) is 0 Å². The second-order valence-electron chi connectivity index (χ2n) is 3.81. The molecule has 0 fully saturated rings. The summed E-state index contributed by atoms with van der Waals surface area (Å²) in [5.41, 5.74) is 1.16. The van der Waals surface area contributed by atoms with Crippen molar-refractivity contribution in [3.8, 4) is 0 Å². The minimum Gasteiger partial charge on any atom is -0.373 e. The second-order valence-corrected chi connectivity index (χ2v) is 3.81. The lowest BCUT2D eigenvalue weighted by Gasteiger charge is -2.07. The number of carbonyl (C=O) groups excluding carboxylic acids is 1. The van der Waals surface area contributed by atoms with Crippen molar-refractivity contribution in [1.82, 2.24) is 9.78 Å². The zero-order chi connectivity index (χ0) is 11.3. The first-order valence-electron chi connectivity index (χ1n) is 5.34. The van der Waals surface area contributed by atoms with E-state index in [1.165, 1.54) is 0 Å². The molecule has 0 unspecified atom stereocenters. The van der Waals surface area contributed by atoms with Gasteiger partial charge < -0.3 is 10.1 Å². The summed E-state index contributed by atoms with van der Waals surface area (Å²) in [5, 5.41) is 7.40. The Labute approximate surface area is 90.7 Å². The minimum absolute atomic E-state index is 0.264. The van der Waals surface area contributed by atoms with Crippen molar-refractivity contribution in [3.05, 3.63) is 11.8 Å². The number of nitrogens with zero attached hydrogens (tertiary/aromatic N) is 2. The Morgan fingerprint density at radius 1 is 1.53 bits per heavy atom. The van der Waals surface area contributed by atoms with E-state index in [4.69, 9.17) is 0 Å². The Bertz CT molecular complexity index is 331. The monoisotopic (exact) mass is 209 g/mol. The molecule has 4 nitrogen and oxygen atoms in total. The normalized spacial score (nSPS) is 10.3. The van der Waals surface area contributed by atoms with Crippen LogP contribution in [0.25, 0.3) is 0 Å². The summed E-state index contributed by atoms with van der Waals surface area (Å²) in [6.45, 7) is 4.54. The lowest BCUT2D eigenvalue weighted by Crippen LogP contribution is -2.06. The number of carbonyl (C=O) groups is 1. The summed E-state index contributed by atoms with van der Waals surface area (Å²) < 4.78 is 1.95. The van der Waals surface area contributed by atoms with Crippen LogP contribution in [0.1, 0.15) is 31.7 Å². The molecule has 84 valence electrons. The van der Waals surface area contributed by atoms with Gasteiger partial charge in [-0.25, -0.2) is 4.68 Å². The summed E-state index contributed by atoms with van der Waals surface area (Å²) in [6.07, 6.45) is 4.47. The molecule has 1 N–H and O–H groups in total. The predicted molar refractivity (Wildman–Crippen MR) is 61.0 cm³/mol. The number of unbranched alkanes of at least 4 members (excludes halogenated alkanes) is 1. The molecular weight excluding hydrogens is 190 g/mol. The average Bonchev–Trinajstić information content (AvgIpc) is 2.53. The molecule has 4 heteroatoms. The Hall–Kier alpha value is -1.32. The van der Waals surface area contributed by atoms with Gasteiger partial charge >= 0.3 is 0 Å². The highest BCUT2D eigenvalue weighted by molar-refractivity contribution is 5.75. The van der Waals surface area contributed by atoms with Crippen molar-refractivity contribution >= 4 is 11.6 Å². The summed E-state index contributed by atoms with van der Waals surface area (Å²) in [4.78, 5) is 10.7. The molecule has 0 aliphatic rings. The molecular formula is C11H19N3O. The van der Waals surface area contributed by atoms with Crippen LogP contribution in [0, 0.1) is 6.92 Å². The van der Waals surface area contributed by atoms with E-state index in [9.17, 15) is 4.79 Å². The third-order valence-electron chi connectivity index (χ3n) is 2.41. The van der Waals surface area contributed by atoms with Crippen molar-refractivity contribution in [3.63, 3.8) is 0 Å². The van der Waals surface area contributed by atoms with E-state index in [2.05, 4.69) is 10.4 Å². The number of anilines is 1. The van der Waals surface area contributed by atoms with Crippen LogP contribution in [0.5, 0.6) is 0 Å². The van der Waals surface area contributed by atoms with Crippen LogP contribution >= 0.6 is 0 Å². The number of aromatic nitrogens is 2. The van der Waals surface area contributed by atoms with E-state index in [0.717, 1.165) is 30.8 Å². The molecule has 0 aliphatic heterocycles. The third-order valence-corrected chi connectivity index (χ3v) is 2.41. The zero-order valence-corrected chi connectivity index (χ0v) is 9.71. The van der Waals surface area contributed by atoms with E-state index >= 15 is 0 Å². The molecule has 0 bridgehead atoms. The van der Waals surface area contributed by atoms with Gasteiger partial charge in [0.2, 0.25) is 0 Å². The van der Waals surface area contributed by atoms with Crippen molar-refractivity contribution in [2.24, 2.45) is 0 Å². The fraction of sp³-hybridized carbons (Fsp3) is 0.636. The molecule has 0 saturated carbocycles. The van der Waals surface area contributed by atoms with Crippen molar-refractivity contribution in [2.75, 3.05) is 12.4 Å². The summed E-state index contributed by atoms with van der Waals surface area (Å²) in [5.74, 6) is 1.33. The van der Waals surface area contributed by atoms with Gasteiger partial charge in [-0.3, -0.25) is 0 Å². The molecule has 0 radical (unpaired) electrons. The largest absolute Gasteiger partial charge is 0.373 e. The maximum atomic E-state index is 10.7. The number of aryl methyl sites for hydroxylation is 2. The van der Waals surface area contributed by atoms with Crippen LogP contribution in [0.15, 0.2) is 6.20 Å². The highest BCUT2D eigenvalue weighted by atomic mass is 16.1. The Morgan fingerprint density at radius 3 is 2.87 bits per heavy atom. The topological polar surface area (TPSA) is 46.9 Å². The first-order valence-corrected chi connectivity index (χ1v) is 5.34. The Morgan fingerprint density at radius 2 is 2.27 bits per heavy atom. The maximum Gasteiger partial charge on any atom is 0.129 e. The van der Waals surface area contributed by atoms with Gasteiger partial charge in [-0.15, -0.1) is 0 Å². The van der Waals surface area contributed by atoms with Crippen LogP contribution in [0.2, 0.25) is 0 Å². The Balaban J connectivity index is 2.40. The standard InChI is InChI=1S/C11H19N3O/c1-9-8-13-14(11(9)12-3)7-5-4-6-10(2)15/h8,12H,4-7H2,1-3H3. The fourth-order valence-corrected chi connectivity index (χ4v) is 1.61. The van der Waals surface area contributed by atoms with E-state index < -0.39 is 0 Å². The average molecular weight is 209 g/mol. The van der Waals surface area contributed by atoms with Gasteiger partial charge in [0, 0.05) is 25.6 Å². The lowest BCUT2D eigenvalue weighted by molar-refractivity contribution is -0.117. The van der Waals surface area contributed by atoms with Gasteiger partial charge in [0.05, 0.1) is 6.20 Å². The quantitative estimate of drug-likeness (QED) is 0.729. The number of rotatable bonds is 6. The molecule has 0 aliphatic carbocycles. The summed E-state index contributed by atoms with van der Waals surface area (Å²) >= 11 is 0. The second kappa shape index (κ2) is 5.53. The van der Waals surface area contributed by atoms with Crippen LogP contribution in [-0.2, 0) is 11.3 Å². The summed E-state index contributed by atoms with van der Waals surface area (Å²) in [6, 6.07) is 0. The highest BCUT2D eigenvalue weighted by Crippen LogP contribution is 2.13. The molecule has 0 spiro atoms. The van der Waals surface area contributed by atoms with Gasteiger partial charge in [-0.05, 0) is 26.7 Å². The third kappa shape index (κ3) is 3.38. The van der Waals surface area contributed by atoms with Crippen molar-refractivity contribution in [2.45, 2.75) is 39.7 Å². The van der Waals surface area contributed by atoms with E-state index in [-0.39, 0.29) is 5.78 Å². The smallest absolute Gasteiger partial charge is 0.129 e. The number of hydrogen-bond acceptors (Lipinski definition) is 3. The van der Waals surface area contributed by atoms with Crippen molar-refractivity contribution in [1.29, 1.82) is 0 Å². The van der Waals surface area contributed by atoms with E-state index in [0.29, 0.717) is 6.42 Å². The van der Waals surface area contributed by atoms with Gasteiger partial charge in [-0.2, -0.15) is 5.10 Å². The molecule has 15 heavy (non-hydrogen) atoms. The van der Waals surface area contributed by atoms with Crippen molar-refractivity contribution < 1.29 is 4.79 Å². The zero-order valence-electron chi connectivity index (χ0n) is 9.71. The molecule has 1 aromatic heterocycles. The number of Topliss-reactive ketones (excluding diaryl/α,β-unsaturated/α-hetero) is 1. The molecule has 1 rings (SSSR count). The lowest BCUT2D eigenvalue weighted by atomic mass is 10.2. The molecule has 1 aromatic rings. The maximum absolute atomic E-state index is 10.7. The first-order chi connectivity index (χ1) is 7.15. The van der Waals surface area contributed by atoms with Crippen LogP contribution < -0.4 is 5.32 Å². The minimum atomic E-state index is 0.264. The van der Waals surface area contributed by atoms with Gasteiger partial charge in [0.1, 0.15) is 11.6 Å². The number of nitrogens with one attached hydrogen (secondary N) is 1. The van der Waals surface area contributed by atoms with E-state index in [1.54, 1.807) is 6.92 Å².